The second kappa shape index (κ2) is 10.7. The fourth-order valence-electron chi connectivity index (χ4n) is 3.23. The van der Waals surface area contributed by atoms with Gasteiger partial charge in [0.15, 0.2) is 6.61 Å². The molecule has 168 valence electrons. The van der Waals surface area contributed by atoms with Gasteiger partial charge < -0.3 is 14.8 Å². The summed E-state index contributed by atoms with van der Waals surface area (Å²) >= 11 is 0. The van der Waals surface area contributed by atoms with E-state index in [9.17, 15) is 14.4 Å². The highest BCUT2D eigenvalue weighted by atomic mass is 16.5. The Labute approximate surface area is 182 Å². The number of hydrogen-bond acceptors (Lipinski definition) is 6. The van der Waals surface area contributed by atoms with Crippen molar-refractivity contribution in [1.82, 2.24) is 15.1 Å². The molecule has 0 bridgehead atoms. The molecule has 0 radical (unpaired) electrons. The largest absolute Gasteiger partial charge is 0.467 e. The zero-order valence-corrected chi connectivity index (χ0v) is 19.0. The third kappa shape index (κ3) is 6.16. The Bertz CT molecular complexity index is 933. The van der Waals surface area contributed by atoms with Gasteiger partial charge in [0.05, 0.1) is 25.0 Å². The molecular formula is C23H31N3O5. The molecule has 1 heterocycles. The number of aromatic nitrogens is 2. The molecule has 2 rings (SSSR count). The Hall–Kier alpha value is -3.16. The molecule has 1 aromatic heterocycles. The number of carbonyl (C=O) groups excluding carboxylic acids is 3. The molecule has 0 unspecified atom stereocenters. The molecule has 2 aromatic rings. The number of nitrogens with one attached hydrogen (secondary N) is 1. The van der Waals surface area contributed by atoms with E-state index in [-0.39, 0.29) is 5.92 Å². The monoisotopic (exact) mass is 429 g/mol. The number of ether oxygens (including phenoxy) is 2. The minimum absolute atomic E-state index is 0.114. The predicted molar refractivity (Wildman–Crippen MR) is 116 cm³/mol. The number of amides is 1. The number of benzene rings is 1. The van der Waals surface area contributed by atoms with Gasteiger partial charge >= 0.3 is 11.9 Å². The molecule has 1 amide bonds. The Morgan fingerprint density at radius 2 is 1.77 bits per heavy atom. The molecule has 0 spiro atoms. The maximum atomic E-state index is 12.6. The Morgan fingerprint density at radius 1 is 1.13 bits per heavy atom. The van der Waals surface area contributed by atoms with Gasteiger partial charge in [0.2, 0.25) is 0 Å². The van der Waals surface area contributed by atoms with Crippen molar-refractivity contribution in [3.8, 4) is 0 Å². The van der Waals surface area contributed by atoms with Crippen LogP contribution in [0.15, 0.2) is 24.3 Å². The van der Waals surface area contributed by atoms with E-state index in [1.54, 1.807) is 18.5 Å². The lowest BCUT2D eigenvalue weighted by molar-refractivity contribution is -0.147. The first-order valence-corrected chi connectivity index (χ1v) is 10.3. The van der Waals surface area contributed by atoms with Crippen molar-refractivity contribution in [2.45, 2.75) is 53.6 Å². The van der Waals surface area contributed by atoms with Crippen LogP contribution in [-0.2, 0) is 25.6 Å². The average molecular weight is 430 g/mol. The lowest BCUT2D eigenvalue weighted by Crippen LogP contribution is -2.47. The van der Waals surface area contributed by atoms with Gasteiger partial charge in [0, 0.05) is 0 Å². The third-order valence-corrected chi connectivity index (χ3v) is 5.36. The number of hydrogen-bond donors (Lipinski definition) is 1. The molecule has 2 atom stereocenters. The van der Waals surface area contributed by atoms with Crippen LogP contribution in [0.1, 0.15) is 53.1 Å². The van der Waals surface area contributed by atoms with Crippen molar-refractivity contribution in [3.63, 3.8) is 0 Å². The summed E-state index contributed by atoms with van der Waals surface area (Å²) in [5, 5.41) is 7.03. The van der Waals surface area contributed by atoms with E-state index < -0.39 is 30.5 Å². The highest BCUT2D eigenvalue weighted by Gasteiger charge is 2.27. The summed E-state index contributed by atoms with van der Waals surface area (Å²) in [5.74, 6) is -1.83. The standard InChI is InChI=1S/C23H31N3O5/c1-7-15(3)21(23(29)30-6)24-19(27)13-31-22(28)20-16(4)25-26(17(20)5)12-18-10-8-14(2)9-11-18/h8-11,15,21H,7,12-13H2,1-6H3,(H,24,27)/t15-,21+/m0/s1. The Kier molecular flexibility index (Phi) is 8.36. The van der Waals surface area contributed by atoms with E-state index in [1.807, 2.05) is 45.0 Å². The molecule has 0 aliphatic carbocycles. The van der Waals surface area contributed by atoms with Gasteiger partial charge in [-0.2, -0.15) is 5.10 Å². The van der Waals surface area contributed by atoms with E-state index in [0.717, 1.165) is 5.56 Å². The van der Waals surface area contributed by atoms with Crippen LogP contribution in [0.4, 0.5) is 0 Å². The van der Waals surface area contributed by atoms with Crippen LogP contribution in [0.5, 0.6) is 0 Å². The van der Waals surface area contributed by atoms with Crippen LogP contribution in [0.3, 0.4) is 0 Å². The summed E-state index contributed by atoms with van der Waals surface area (Å²) < 4.78 is 11.7. The summed E-state index contributed by atoms with van der Waals surface area (Å²) in [5.41, 5.74) is 3.76. The molecule has 1 N–H and O–H groups in total. The fourth-order valence-corrected chi connectivity index (χ4v) is 3.23. The predicted octanol–water partition coefficient (Wildman–Crippen LogP) is 2.72. The summed E-state index contributed by atoms with van der Waals surface area (Å²) in [7, 11) is 1.27. The van der Waals surface area contributed by atoms with Crippen LogP contribution in [0.25, 0.3) is 0 Å². The molecule has 0 saturated heterocycles. The molecule has 31 heavy (non-hydrogen) atoms. The molecule has 0 fully saturated rings. The second-order valence-electron chi connectivity index (χ2n) is 7.72. The highest BCUT2D eigenvalue weighted by molar-refractivity contribution is 5.94. The Balaban J connectivity index is 2.03. The van der Waals surface area contributed by atoms with Gasteiger partial charge in [-0.25, -0.2) is 9.59 Å². The Morgan fingerprint density at radius 3 is 2.35 bits per heavy atom. The van der Waals surface area contributed by atoms with Crippen molar-refractivity contribution in [2.75, 3.05) is 13.7 Å². The normalized spacial score (nSPS) is 12.7. The van der Waals surface area contributed by atoms with Crippen LogP contribution >= 0.6 is 0 Å². The van der Waals surface area contributed by atoms with E-state index in [1.165, 1.54) is 12.7 Å². The lowest BCUT2D eigenvalue weighted by Gasteiger charge is -2.21. The van der Waals surface area contributed by atoms with Crippen LogP contribution in [-0.4, -0.2) is 47.4 Å². The smallest absolute Gasteiger partial charge is 0.342 e. The number of esters is 2. The molecule has 8 nitrogen and oxygen atoms in total. The minimum Gasteiger partial charge on any atom is -0.467 e. The van der Waals surface area contributed by atoms with Crippen molar-refractivity contribution in [1.29, 1.82) is 0 Å². The van der Waals surface area contributed by atoms with Gasteiger partial charge in [0.25, 0.3) is 5.91 Å². The molecule has 1 aromatic carbocycles. The maximum Gasteiger partial charge on any atom is 0.342 e. The van der Waals surface area contributed by atoms with Crippen LogP contribution in [0, 0.1) is 26.7 Å². The quantitative estimate of drug-likeness (QED) is 0.616. The zero-order valence-electron chi connectivity index (χ0n) is 19.0. The summed E-state index contributed by atoms with van der Waals surface area (Å²) in [4.78, 5) is 36.8. The van der Waals surface area contributed by atoms with E-state index >= 15 is 0 Å². The number of rotatable bonds is 9. The number of aryl methyl sites for hydroxylation is 2. The first-order valence-electron chi connectivity index (χ1n) is 10.3. The van der Waals surface area contributed by atoms with Gasteiger partial charge in [0.1, 0.15) is 11.6 Å². The number of methoxy groups -OCH3 is 1. The van der Waals surface area contributed by atoms with Crippen molar-refractivity contribution >= 4 is 17.8 Å². The van der Waals surface area contributed by atoms with E-state index in [2.05, 4.69) is 10.4 Å². The van der Waals surface area contributed by atoms with Crippen molar-refractivity contribution in [3.05, 3.63) is 52.3 Å². The second-order valence-corrected chi connectivity index (χ2v) is 7.72. The van der Waals surface area contributed by atoms with Gasteiger partial charge in [-0.15, -0.1) is 0 Å². The molecule has 0 aliphatic rings. The molecule has 0 aliphatic heterocycles. The van der Waals surface area contributed by atoms with Gasteiger partial charge in [-0.3, -0.25) is 9.48 Å². The number of carbonyl (C=O) groups is 3. The maximum absolute atomic E-state index is 12.6. The summed E-state index contributed by atoms with van der Waals surface area (Å²) in [6.45, 7) is 9.32. The molecular weight excluding hydrogens is 398 g/mol. The number of nitrogens with zero attached hydrogens (tertiary/aromatic N) is 2. The van der Waals surface area contributed by atoms with Crippen LogP contribution in [0.2, 0.25) is 0 Å². The fraction of sp³-hybridized carbons (Fsp3) is 0.478. The van der Waals surface area contributed by atoms with Crippen molar-refractivity contribution < 1.29 is 23.9 Å². The first kappa shape index (κ1) is 24.1. The summed E-state index contributed by atoms with van der Waals surface area (Å²) in [6.07, 6.45) is 0.679. The van der Waals surface area contributed by atoms with Crippen molar-refractivity contribution in [2.24, 2.45) is 5.92 Å². The van der Waals surface area contributed by atoms with E-state index in [4.69, 9.17) is 9.47 Å². The average Bonchev–Trinajstić information content (AvgIpc) is 3.03. The minimum atomic E-state index is -0.790. The third-order valence-electron chi connectivity index (χ3n) is 5.36. The van der Waals surface area contributed by atoms with E-state index in [0.29, 0.717) is 29.9 Å². The topological polar surface area (TPSA) is 99.5 Å². The first-order chi connectivity index (χ1) is 14.7. The molecule has 0 saturated carbocycles. The lowest BCUT2D eigenvalue weighted by atomic mass is 9.99. The SMILES string of the molecule is CC[C@H](C)[C@@H](NC(=O)COC(=O)c1c(C)nn(Cc2ccc(C)cc2)c1C)C(=O)OC. The van der Waals surface area contributed by atoms with Gasteiger partial charge in [-0.1, -0.05) is 50.1 Å². The van der Waals surface area contributed by atoms with Crippen LogP contribution < -0.4 is 5.32 Å². The summed E-state index contributed by atoms with van der Waals surface area (Å²) in [6, 6.07) is 7.29. The highest BCUT2D eigenvalue weighted by Crippen LogP contribution is 2.16. The van der Waals surface area contributed by atoms with Gasteiger partial charge in [-0.05, 0) is 32.3 Å². The molecule has 8 heteroatoms. The zero-order chi connectivity index (χ0) is 23.1.